The van der Waals surface area contributed by atoms with Crippen molar-refractivity contribution < 1.29 is 9.90 Å². The zero-order valence-electron chi connectivity index (χ0n) is 14.1. The zero-order valence-corrected chi connectivity index (χ0v) is 14.1. The number of rotatable bonds is 5. The van der Waals surface area contributed by atoms with Gasteiger partial charge in [0.15, 0.2) is 5.82 Å². The summed E-state index contributed by atoms with van der Waals surface area (Å²) >= 11 is 0. The second-order valence-electron chi connectivity index (χ2n) is 5.64. The van der Waals surface area contributed by atoms with Gasteiger partial charge in [0.2, 0.25) is 5.43 Å². The van der Waals surface area contributed by atoms with Crippen LogP contribution in [-0.2, 0) is 13.0 Å². The standard InChI is InChI=1S/C18H18N4O3/c1-3-5-13-14-15(23)12(18(24)25)10-22(4-2)17(14)21-16(20-13)11-6-8-19-9-7-11/h6-10H,3-5H2,1-2H3,(H,24,25). The monoisotopic (exact) mass is 338 g/mol. The van der Waals surface area contributed by atoms with E-state index in [2.05, 4.69) is 15.0 Å². The van der Waals surface area contributed by atoms with Crippen molar-refractivity contribution in [1.82, 2.24) is 19.5 Å². The van der Waals surface area contributed by atoms with E-state index in [1.807, 2.05) is 13.8 Å². The van der Waals surface area contributed by atoms with Crippen LogP contribution in [0.4, 0.5) is 0 Å². The maximum absolute atomic E-state index is 12.7. The highest BCUT2D eigenvalue weighted by atomic mass is 16.4. The lowest BCUT2D eigenvalue weighted by Gasteiger charge is -2.13. The summed E-state index contributed by atoms with van der Waals surface area (Å²) in [5.41, 5.74) is 1.05. The topological polar surface area (TPSA) is 98.0 Å². The third-order valence-corrected chi connectivity index (χ3v) is 3.99. The Labute approximate surface area is 144 Å². The van der Waals surface area contributed by atoms with Crippen LogP contribution in [-0.4, -0.2) is 30.6 Å². The summed E-state index contributed by atoms with van der Waals surface area (Å²) in [5, 5.41) is 9.63. The lowest BCUT2D eigenvalue weighted by molar-refractivity contribution is 0.0695. The molecule has 128 valence electrons. The van der Waals surface area contributed by atoms with Gasteiger partial charge in [-0.25, -0.2) is 14.8 Å². The molecule has 0 atom stereocenters. The van der Waals surface area contributed by atoms with Gasteiger partial charge in [-0.05, 0) is 25.5 Å². The van der Waals surface area contributed by atoms with Crippen LogP contribution in [0.25, 0.3) is 22.4 Å². The van der Waals surface area contributed by atoms with E-state index >= 15 is 0 Å². The van der Waals surface area contributed by atoms with Crippen LogP contribution in [0.2, 0.25) is 0 Å². The summed E-state index contributed by atoms with van der Waals surface area (Å²) < 4.78 is 1.69. The van der Waals surface area contributed by atoms with Crippen molar-refractivity contribution in [3.05, 3.63) is 52.2 Å². The maximum Gasteiger partial charge on any atom is 0.341 e. The van der Waals surface area contributed by atoms with Gasteiger partial charge in [-0.2, -0.15) is 0 Å². The molecule has 0 unspecified atom stereocenters. The van der Waals surface area contributed by atoms with Crippen LogP contribution in [0.3, 0.4) is 0 Å². The fourth-order valence-electron chi connectivity index (χ4n) is 2.79. The summed E-state index contributed by atoms with van der Waals surface area (Å²) in [6.07, 6.45) is 6.02. The minimum Gasteiger partial charge on any atom is -0.477 e. The van der Waals surface area contributed by atoms with Crippen LogP contribution in [0.5, 0.6) is 0 Å². The molecular weight excluding hydrogens is 320 g/mol. The van der Waals surface area contributed by atoms with E-state index in [1.165, 1.54) is 6.20 Å². The Morgan fingerprint density at radius 1 is 1.20 bits per heavy atom. The van der Waals surface area contributed by atoms with Crippen LogP contribution in [0.1, 0.15) is 36.3 Å². The predicted octanol–water partition coefficient (Wildman–Crippen LogP) is 2.52. The minimum atomic E-state index is -1.24. The quantitative estimate of drug-likeness (QED) is 0.767. The molecule has 0 aromatic carbocycles. The molecule has 3 aromatic heterocycles. The van der Waals surface area contributed by atoms with E-state index in [1.54, 1.807) is 29.1 Å². The fourth-order valence-corrected chi connectivity index (χ4v) is 2.79. The minimum absolute atomic E-state index is 0.257. The van der Waals surface area contributed by atoms with Gasteiger partial charge in [0.25, 0.3) is 0 Å². The molecule has 0 amide bonds. The van der Waals surface area contributed by atoms with Crippen molar-refractivity contribution >= 4 is 17.0 Å². The summed E-state index contributed by atoms with van der Waals surface area (Å²) in [6, 6.07) is 3.60. The van der Waals surface area contributed by atoms with Crippen molar-refractivity contribution in [3.63, 3.8) is 0 Å². The third kappa shape index (κ3) is 3.00. The highest BCUT2D eigenvalue weighted by molar-refractivity contribution is 5.92. The number of carbonyl (C=O) groups is 1. The molecule has 3 rings (SSSR count). The molecule has 0 spiro atoms. The number of nitrogens with zero attached hydrogens (tertiary/aromatic N) is 4. The summed E-state index contributed by atoms with van der Waals surface area (Å²) in [7, 11) is 0. The van der Waals surface area contributed by atoms with E-state index in [-0.39, 0.29) is 5.56 Å². The number of carboxylic acid groups (broad SMARTS) is 1. The van der Waals surface area contributed by atoms with Crippen molar-refractivity contribution in [2.45, 2.75) is 33.2 Å². The van der Waals surface area contributed by atoms with Gasteiger partial charge in [0.05, 0.1) is 11.1 Å². The van der Waals surface area contributed by atoms with Crippen molar-refractivity contribution in [3.8, 4) is 11.4 Å². The molecule has 0 radical (unpaired) electrons. The average Bonchev–Trinajstić information content (AvgIpc) is 2.62. The molecule has 0 aliphatic carbocycles. The van der Waals surface area contributed by atoms with Crippen LogP contribution in [0, 0.1) is 0 Å². The van der Waals surface area contributed by atoms with Gasteiger partial charge in [0.1, 0.15) is 11.2 Å². The van der Waals surface area contributed by atoms with Crippen LogP contribution in [0.15, 0.2) is 35.5 Å². The van der Waals surface area contributed by atoms with Crippen molar-refractivity contribution in [2.24, 2.45) is 0 Å². The first-order chi connectivity index (χ1) is 12.1. The van der Waals surface area contributed by atoms with Crippen LogP contribution < -0.4 is 5.43 Å². The number of pyridine rings is 2. The second kappa shape index (κ2) is 6.80. The van der Waals surface area contributed by atoms with E-state index in [4.69, 9.17) is 0 Å². The molecular formula is C18H18N4O3. The number of aromatic carboxylic acids is 1. The number of hydrogen-bond acceptors (Lipinski definition) is 5. The Bertz CT molecular complexity index is 997. The lowest BCUT2D eigenvalue weighted by Crippen LogP contribution is -2.21. The van der Waals surface area contributed by atoms with E-state index < -0.39 is 11.4 Å². The number of aromatic nitrogens is 4. The Hall–Kier alpha value is -3.09. The van der Waals surface area contributed by atoms with E-state index in [9.17, 15) is 14.7 Å². The Morgan fingerprint density at radius 2 is 1.92 bits per heavy atom. The molecule has 7 nitrogen and oxygen atoms in total. The zero-order chi connectivity index (χ0) is 18.0. The molecule has 1 N–H and O–H groups in total. The van der Waals surface area contributed by atoms with Gasteiger partial charge >= 0.3 is 5.97 Å². The van der Waals surface area contributed by atoms with Gasteiger partial charge in [-0.3, -0.25) is 9.78 Å². The highest BCUT2D eigenvalue weighted by Crippen LogP contribution is 2.21. The Morgan fingerprint density at radius 3 is 2.52 bits per heavy atom. The molecule has 0 fully saturated rings. The van der Waals surface area contributed by atoms with Gasteiger partial charge < -0.3 is 9.67 Å². The van der Waals surface area contributed by atoms with Crippen LogP contribution >= 0.6 is 0 Å². The average molecular weight is 338 g/mol. The highest BCUT2D eigenvalue weighted by Gasteiger charge is 2.19. The largest absolute Gasteiger partial charge is 0.477 e. The lowest BCUT2D eigenvalue weighted by atomic mass is 10.1. The number of hydrogen-bond donors (Lipinski definition) is 1. The van der Waals surface area contributed by atoms with Gasteiger partial charge in [0, 0.05) is 30.7 Å². The molecule has 0 saturated carbocycles. The SMILES string of the molecule is CCCc1nc(-c2ccncc2)nc2c1c(=O)c(C(=O)O)cn2CC. The maximum atomic E-state index is 12.7. The van der Waals surface area contributed by atoms with Gasteiger partial charge in [-0.15, -0.1) is 0 Å². The first-order valence-electron chi connectivity index (χ1n) is 8.14. The van der Waals surface area contributed by atoms with Crippen molar-refractivity contribution in [1.29, 1.82) is 0 Å². The molecule has 0 saturated heterocycles. The Balaban J connectivity index is 2.42. The van der Waals surface area contributed by atoms with E-state index in [0.29, 0.717) is 35.5 Å². The molecule has 0 aliphatic heterocycles. The number of aryl methyl sites for hydroxylation is 2. The molecule has 3 heterocycles. The molecule has 0 bridgehead atoms. The predicted molar refractivity (Wildman–Crippen MR) is 93.7 cm³/mol. The number of fused-ring (bicyclic) bond motifs is 1. The third-order valence-electron chi connectivity index (χ3n) is 3.99. The van der Waals surface area contributed by atoms with Gasteiger partial charge in [-0.1, -0.05) is 13.3 Å². The van der Waals surface area contributed by atoms with E-state index in [0.717, 1.165) is 12.0 Å². The Kier molecular flexibility index (Phi) is 4.56. The van der Waals surface area contributed by atoms with Crippen molar-refractivity contribution in [2.75, 3.05) is 0 Å². The fraction of sp³-hybridized carbons (Fsp3) is 0.278. The summed E-state index contributed by atoms with van der Waals surface area (Å²) in [4.78, 5) is 37.2. The second-order valence-corrected chi connectivity index (χ2v) is 5.64. The first-order valence-corrected chi connectivity index (χ1v) is 8.14. The summed E-state index contributed by atoms with van der Waals surface area (Å²) in [6.45, 7) is 4.36. The smallest absolute Gasteiger partial charge is 0.341 e. The molecule has 7 heteroatoms. The first kappa shape index (κ1) is 16.8. The normalized spacial score (nSPS) is 11.0. The molecule has 3 aromatic rings. The summed E-state index contributed by atoms with van der Waals surface area (Å²) in [5.74, 6) is -0.738. The molecule has 25 heavy (non-hydrogen) atoms. The molecule has 0 aliphatic rings. The number of carboxylic acids is 1.